The van der Waals surface area contributed by atoms with Gasteiger partial charge in [-0.25, -0.2) is 5.11 Å². The number of hydrogen-bond donors (Lipinski definition) is 1. The number of carbonyl (C=O) groups is 1. The van der Waals surface area contributed by atoms with E-state index in [0.717, 1.165) is 25.9 Å². The molecule has 0 unspecified atom stereocenters. The Balaban J connectivity index is 0. The maximum absolute atomic E-state index is 10.3. The molecule has 0 aliphatic carbocycles. The van der Waals surface area contributed by atoms with Crippen LogP contribution in [0.3, 0.4) is 0 Å². The van der Waals surface area contributed by atoms with E-state index in [1.807, 2.05) is 0 Å². The number of carboxylic acids is 1. The second-order valence-electron chi connectivity index (χ2n) is 10.6. The van der Waals surface area contributed by atoms with E-state index in [-0.39, 0.29) is 6.61 Å². The fourth-order valence-electron chi connectivity index (χ4n) is 4.50. The number of ether oxygens (including phenoxy) is 1. The van der Waals surface area contributed by atoms with Gasteiger partial charge < -0.3 is 9.84 Å². The van der Waals surface area contributed by atoms with E-state index in [2.05, 4.69) is 13.8 Å². The van der Waals surface area contributed by atoms with Gasteiger partial charge in [0.15, 0.2) is 0 Å². The molecule has 0 saturated carbocycles. The normalized spacial score (nSPS) is 10.9. The van der Waals surface area contributed by atoms with Crippen LogP contribution >= 0.6 is 0 Å². The minimum absolute atomic E-state index is 0.0994. The van der Waals surface area contributed by atoms with Crippen LogP contribution in [-0.4, -0.2) is 30.9 Å². The van der Waals surface area contributed by atoms with Crippen molar-refractivity contribution >= 4 is 5.97 Å². The van der Waals surface area contributed by atoms with Gasteiger partial charge in [-0.2, -0.15) is 0 Å². The van der Waals surface area contributed by atoms with Crippen LogP contribution in [0.5, 0.6) is 0 Å². The topological polar surface area (TPSA) is 66.4 Å². The zero-order chi connectivity index (χ0) is 26.8. The summed E-state index contributed by atoms with van der Waals surface area (Å²) in [7, 11) is 0. The number of unbranched alkanes of at least 4 members (excludes halogenated alkanes) is 23. The summed E-state index contributed by atoms with van der Waals surface area (Å²) in [5, 5.41) is 18.6. The van der Waals surface area contributed by atoms with E-state index in [1.54, 1.807) is 0 Å². The predicted molar refractivity (Wildman–Crippen MR) is 155 cm³/mol. The summed E-state index contributed by atoms with van der Waals surface area (Å²) in [4.78, 5) is 10.3. The summed E-state index contributed by atoms with van der Waals surface area (Å²) < 4.78 is 5.14. The molecule has 0 amide bonds. The molecule has 0 heterocycles. The third kappa shape index (κ3) is 40.6. The Labute approximate surface area is 226 Å². The first kappa shape index (κ1) is 37.5. The Bertz CT molecular complexity index is 372. The maximum Gasteiger partial charge on any atom is 0.303 e. The highest BCUT2D eigenvalue weighted by Crippen LogP contribution is 2.14. The summed E-state index contributed by atoms with van der Waals surface area (Å²) in [5.41, 5.74) is 0. The van der Waals surface area contributed by atoms with Gasteiger partial charge >= 0.3 is 5.97 Å². The van der Waals surface area contributed by atoms with Gasteiger partial charge in [-0.15, -0.1) is 0 Å². The minimum atomic E-state index is -0.653. The minimum Gasteiger partial charge on any atom is -0.481 e. The standard InChI is InChI=1S/C18H36O2.C14H29O2/c1-2-3-4-5-6-7-8-9-10-11-12-13-14-15-16-17-18(19)20;1-2-3-4-5-6-7-8-9-10-11-13-16-14-12-15/h2-17H2,1H3,(H,19,20);2-14H2,1H3. The van der Waals surface area contributed by atoms with Crippen molar-refractivity contribution in [2.24, 2.45) is 0 Å². The molecule has 36 heavy (non-hydrogen) atoms. The van der Waals surface area contributed by atoms with Crippen LogP contribution < -0.4 is 0 Å². The van der Waals surface area contributed by atoms with Crippen molar-refractivity contribution in [2.45, 2.75) is 181 Å². The summed E-state index contributed by atoms with van der Waals surface area (Å²) in [5.74, 6) is -0.653. The molecule has 0 atom stereocenters. The SMILES string of the molecule is CCCCCCCCCCCCCCCCCC(=O)O.CCCCCCCCCCCCOCC[O]. The molecule has 0 aliphatic rings. The molecule has 0 aliphatic heterocycles. The molecule has 0 spiro atoms. The molecule has 4 nitrogen and oxygen atoms in total. The van der Waals surface area contributed by atoms with Crippen molar-refractivity contribution in [3.05, 3.63) is 0 Å². The lowest BCUT2D eigenvalue weighted by Gasteiger charge is -2.03. The second kappa shape index (κ2) is 36.5. The highest BCUT2D eigenvalue weighted by Gasteiger charge is 1.97. The highest BCUT2D eigenvalue weighted by atomic mass is 16.5. The van der Waals surface area contributed by atoms with Crippen LogP contribution in [-0.2, 0) is 14.6 Å². The van der Waals surface area contributed by atoms with E-state index >= 15 is 0 Å². The van der Waals surface area contributed by atoms with E-state index < -0.39 is 5.97 Å². The molecule has 0 bridgehead atoms. The molecule has 0 aromatic carbocycles. The van der Waals surface area contributed by atoms with E-state index in [1.165, 1.54) is 141 Å². The first-order valence-electron chi connectivity index (χ1n) is 16.1. The van der Waals surface area contributed by atoms with Crippen molar-refractivity contribution in [3.8, 4) is 0 Å². The van der Waals surface area contributed by atoms with Gasteiger partial charge in [0, 0.05) is 13.0 Å². The van der Waals surface area contributed by atoms with Crippen LogP contribution in [0.4, 0.5) is 0 Å². The maximum atomic E-state index is 10.3. The molecular weight excluding hydrogens is 448 g/mol. The fourth-order valence-corrected chi connectivity index (χ4v) is 4.50. The summed E-state index contributed by atoms with van der Waals surface area (Å²) in [6.45, 7) is 5.59. The van der Waals surface area contributed by atoms with Crippen molar-refractivity contribution in [2.75, 3.05) is 19.8 Å². The fraction of sp³-hybridized carbons (Fsp3) is 0.969. The van der Waals surface area contributed by atoms with Crippen LogP contribution in [0.25, 0.3) is 0 Å². The van der Waals surface area contributed by atoms with Crippen molar-refractivity contribution in [1.29, 1.82) is 0 Å². The Hall–Kier alpha value is -0.610. The third-order valence-corrected chi connectivity index (χ3v) is 6.86. The highest BCUT2D eigenvalue weighted by molar-refractivity contribution is 5.66. The number of carboxylic acid groups (broad SMARTS) is 1. The quantitative estimate of drug-likeness (QED) is 0.101. The lowest BCUT2D eigenvalue weighted by atomic mass is 10.0. The Kier molecular flexibility index (Phi) is 38.1. The third-order valence-electron chi connectivity index (χ3n) is 6.86. The van der Waals surface area contributed by atoms with Crippen LogP contribution in [0.2, 0.25) is 0 Å². The Morgan fingerprint density at radius 1 is 0.472 bits per heavy atom. The van der Waals surface area contributed by atoms with E-state index in [4.69, 9.17) is 9.84 Å². The molecule has 0 fully saturated rings. The van der Waals surface area contributed by atoms with Gasteiger partial charge in [0.2, 0.25) is 0 Å². The monoisotopic (exact) mass is 513 g/mol. The lowest BCUT2D eigenvalue weighted by molar-refractivity contribution is -0.137. The molecular formula is C32H65O4. The van der Waals surface area contributed by atoms with Crippen LogP contribution in [0, 0.1) is 0 Å². The molecule has 0 saturated heterocycles. The van der Waals surface area contributed by atoms with Gasteiger partial charge in [-0.05, 0) is 12.8 Å². The zero-order valence-corrected chi connectivity index (χ0v) is 24.7. The molecule has 1 N–H and O–H groups in total. The lowest BCUT2D eigenvalue weighted by Crippen LogP contribution is -1.99. The van der Waals surface area contributed by atoms with Crippen LogP contribution in [0.15, 0.2) is 0 Å². The van der Waals surface area contributed by atoms with Crippen molar-refractivity contribution < 1.29 is 19.7 Å². The molecule has 217 valence electrons. The van der Waals surface area contributed by atoms with Crippen molar-refractivity contribution in [3.63, 3.8) is 0 Å². The van der Waals surface area contributed by atoms with Gasteiger partial charge in [0.05, 0.1) is 6.61 Å². The van der Waals surface area contributed by atoms with Gasteiger partial charge in [0.25, 0.3) is 0 Å². The van der Waals surface area contributed by atoms with Gasteiger partial charge in [-0.3, -0.25) is 4.79 Å². The summed E-state index contributed by atoms with van der Waals surface area (Å²) in [6, 6.07) is 0. The average molecular weight is 514 g/mol. The zero-order valence-electron chi connectivity index (χ0n) is 24.7. The molecule has 0 aromatic rings. The first-order chi connectivity index (χ1) is 17.7. The molecule has 4 heteroatoms. The first-order valence-corrected chi connectivity index (χ1v) is 16.1. The largest absolute Gasteiger partial charge is 0.481 e. The summed E-state index contributed by atoms with van der Waals surface area (Å²) in [6.07, 6.45) is 33.6. The average Bonchev–Trinajstić information content (AvgIpc) is 2.87. The Morgan fingerprint density at radius 2 is 0.778 bits per heavy atom. The second-order valence-corrected chi connectivity index (χ2v) is 10.6. The predicted octanol–water partition coefficient (Wildman–Crippen LogP) is 10.7. The number of aliphatic carboxylic acids is 1. The number of rotatable bonds is 29. The summed E-state index contributed by atoms with van der Waals surface area (Å²) >= 11 is 0. The molecule has 0 rings (SSSR count). The van der Waals surface area contributed by atoms with E-state index in [9.17, 15) is 9.90 Å². The van der Waals surface area contributed by atoms with Gasteiger partial charge in [-0.1, -0.05) is 162 Å². The van der Waals surface area contributed by atoms with Gasteiger partial charge in [0.1, 0.15) is 6.61 Å². The Morgan fingerprint density at radius 3 is 1.08 bits per heavy atom. The van der Waals surface area contributed by atoms with Crippen LogP contribution in [0.1, 0.15) is 181 Å². The van der Waals surface area contributed by atoms with Crippen molar-refractivity contribution in [1.82, 2.24) is 0 Å². The molecule has 0 aromatic heterocycles. The smallest absolute Gasteiger partial charge is 0.303 e. The number of hydrogen-bond acceptors (Lipinski definition) is 2. The molecule has 1 radical (unpaired) electrons. The van der Waals surface area contributed by atoms with E-state index in [0.29, 0.717) is 13.0 Å².